The lowest BCUT2D eigenvalue weighted by atomic mass is 10.2. The van der Waals surface area contributed by atoms with Gasteiger partial charge in [-0.1, -0.05) is 25.8 Å². The van der Waals surface area contributed by atoms with Crippen LogP contribution in [0.3, 0.4) is 0 Å². The molecule has 1 atom stereocenters. The molecule has 0 radical (unpaired) electrons. The van der Waals surface area contributed by atoms with Crippen molar-refractivity contribution in [2.45, 2.75) is 44.2 Å². The highest BCUT2D eigenvalue weighted by molar-refractivity contribution is 7.99. The van der Waals surface area contributed by atoms with Crippen molar-refractivity contribution in [3.8, 4) is 0 Å². The highest BCUT2D eigenvalue weighted by atomic mass is 32.2. The molecule has 0 aromatic carbocycles. The Kier molecular flexibility index (Phi) is 5.73. The maximum atomic E-state index is 9.55. The summed E-state index contributed by atoms with van der Waals surface area (Å²) in [5, 5.41) is 10.5. The minimum Gasteiger partial charge on any atom is -0.389 e. The van der Waals surface area contributed by atoms with Crippen molar-refractivity contribution in [3.05, 3.63) is 23.9 Å². The topological polar surface area (TPSA) is 33.1 Å². The maximum absolute atomic E-state index is 9.55. The summed E-state index contributed by atoms with van der Waals surface area (Å²) in [4.78, 5) is 4.30. The predicted molar refractivity (Wildman–Crippen MR) is 65.1 cm³/mol. The molecule has 1 rings (SSSR count). The summed E-state index contributed by atoms with van der Waals surface area (Å²) in [5.74, 6) is 1.09. The van der Waals surface area contributed by atoms with Crippen molar-refractivity contribution >= 4 is 11.8 Å². The van der Waals surface area contributed by atoms with E-state index in [9.17, 15) is 5.11 Å². The van der Waals surface area contributed by atoms with Crippen LogP contribution < -0.4 is 0 Å². The molecule has 0 amide bonds. The fourth-order valence-electron chi connectivity index (χ4n) is 1.36. The lowest BCUT2D eigenvalue weighted by Crippen LogP contribution is -1.96. The van der Waals surface area contributed by atoms with E-state index in [1.54, 1.807) is 24.9 Å². The number of aliphatic hydroxyl groups excluding tert-OH is 1. The van der Waals surface area contributed by atoms with Gasteiger partial charge in [-0.25, -0.2) is 4.98 Å². The van der Waals surface area contributed by atoms with Gasteiger partial charge in [0, 0.05) is 11.8 Å². The molecule has 0 saturated heterocycles. The first-order valence-electron chi connectivity index (χ1n) is 5.51. The van der Waals surface area contributed by atoms with Gasteiger partial charge in [-0.05, 0) is 25.2 Å². The summed E-state index contributed by atoms with van der Waals surface area (Å²) >= 11 is 1.74. The van der Waals surface area contributed by atoms with Crippen LogP contribution in [0, 0.1) is 0 Å². The summed E-state index contributed by atoms with van der Waals surface area (Å²) in [5.41, 5.74) is 0.944. The molecule has 0 bridgehead atoms. The fraction of sp³-hybridized carbons (Fsp3) is 0.583. The highest BCUT2D eigenvalue weighted by Crippen LogP contribution is 2.25. The molecule has 0 unspecified atom stereocenters. The van der Waals surface area contributed by atoms with Crippen LogP contribution >= 0.6 is 11.8 Å². The second-order valence-electron chi connectivity index (χ2n) is 3.63. The number of nitrogens with zero attached hydrogens (tertiary/aromatic N) is 1. The Labute approximate surface area is 96.1 Å². The molecule has 0 aliphatic heterocycles. The molecular weight excluding hydrogens is 206 g/mol. The van der Waals surface area contributed by atoms with Crippen molar-refractivity contribution in [2.24, 2.45) is 0 Å². The predicted octanol–water partition coefficient (Wildman–Crippen LogP) is 3.42. The van der Waals surface area contributed by atoms with Gasteiger partial charge in [0.2, 0.25) is 0 Å². The summed E-state index contributed by atoms with van der Waals surface area (Å²) < 4.78 is 0. The van der Waals surface area contributed by atoms with Crippen LogP contribution in [0.25, 0.3) is 0 Å². The minimum absolute atomic E-state index is 0.424. The monoisotopic (exact) mass is 225 g/mol. The van der Waals surface area contributed by atoms with E-state index in [-0.39, 0.29) is 0 Å². The molecule has 84 valence electrons. The number of hydrogen-bond acceptors (Lipinski definition) is 3. The molecule has 2 nitrogen and oxygen atoms in total. The lowest BCUT2D eigenvalue weighted by molar-refractivity contribution is 0.195. The molecule has 1 aromatic heterocycles. The average molecular weight is 225 g/mol. The van der Waals surface area contributed by atoms with Crippen molar-refractivity contribution in [1.29, 1.82) is 0 Å². The molecule has 0 fully saturated rings. The van der Waals surface area contributed by atoms with Gasteiger partial charge >= 0.3 is 0 Å². The van der Waals surface area contributed by atoms with E-state index >= 15 is 0 Å². The van der Waals surface area contributed by atoms with Crippen LogP contribution in [0.5, 0.6) is 0 Å². The largest absolute Gasteiger partial charge is 0.389 e. The normalized spacial score (nSPS) is 12.7. The van der Waals surface area contributed by atoms with Gasteiger partial charge in [0.05, 0.1) is 6.10 Å². The number of pyridine rings is 1. The Hall–Kier alpha value is -0.540. The summed E-state index contributed by atoms with van der Waals surface area (Å²) in [6.07, 6.45) is 5.09. The first kappa shape index (κ1) is 12.5. The van der Waals surface area contributed by atoms with Crippen LogP contribution in [-0.4, -0.2) is 15.8 Å². The van der Waals surface area contributed by atoms with Crippen LogP contribution in [0.4, 0.5) is 0 Å². The fourth-order valence-corrected chi connectivity index (χ4v) is 2.45. The second-order valence-corrected chi connectivity index (χ2v) is 4.71. The Bertz CT molecular complexity index is 289. The maximum Gasteiger partial charge on any atom is 0.102 e. The molecule has 1 aromatic rings. The molecule has 3 heteroatoms. The summed E-state index contributed by atoms with van der Waals surface area (Å²) in [6.45, 7) is 3.99. The first-order chi connectivity index (χ1) is 7.25. The van der Waals surface area contributed by atoms with E-state index in [1.165, 1.54) is 19.3 Å². The van der Waals surface area contributed by atoms with Crippen molar-refractivity contribution in [1.82, 2.24) is 4.98 Å². The minimum atomic E-state index is -0.424. The van der Waals surface area contributed by atoms with E-state index in [0.717, 1.165) is 16.3 Å². The van der Waals surface area contributed by atoms with Crippen LogP contribution in [0.15, 0.2) is 23.4 Å². The molecule has 0 saturated carbocycles. The molecule has 0 aliphatic carbocycles. The van der Waals surface area contributed by atoms with E-state index < -0.39 is 6.10 Å². The smallest absolute Gasteiger partial charge is 0.102 e. The molecular formula is C12H19NOS. The van der Waals surface area contributed by atoms with Gasteiger partial charge in [0.1, 0.15) is 5.03 Å². The third kappa shape index (κ3) is 4.22. The van der Waals surface area contributed by atoms with Gasteiger partial charge in [-0.2, -0.15) is 0 Å². The third-order valence-corrected chi connectivity index (χ3v) is 3.34. The van der Waals surface area contributed by atoms with Gasteiger partial charge in [-0.3, -0.25) is 0 Å². The molecule has 1 N–H and O–H groups in total. The second kappa shape index (κ2) is 6.85. The number of hydrogen-bond donors (Lipinski definition) is 1. The zero-order valence-corrected chi connectivity index (χ0v) is 10.3. The Morgan fingerprint density at radius 3 is 2.93 bits per heavy atom. The summed E-state index contributed by atoms with van der Waals surface area (Å²) in [6, 6.07) is 3.82. The average Bonchev–Trinajstić information content (AvgIpc) is 2.25. The van der Waals surface area contributed by atoms with E-state index in [1.807, 2.05) is 12.1 Å². The summed E-state index contributed by atoms with van der Waals surface area (Å²) in [7, 11) is 0. The first-order valence-corrected chi connectivity index (χ1v) is 6.50. The number of unbranched alkanes of at least 4 members (excludes halogenated alkanes) is 2. The number of aliphatic hydroxyl groups is 1. The SMILES string of the molecule is CCCCCSc1ncccc1[C@H](C)O. The van der Waals surface area contributed by atoms with Crippen molar-refractivity contribution in [2.75, 3.05) is 5.75 Å². The van der Waals surface area contributed by atoms with Gasteiger partial charge < -0.3 is 5.11 Å². The van der Waals surface area contributed by atoms with Crippen LogP contribution in [0.2, 0.25) is 0 Å². The number of aromatic nitrogens is 1. The molecule has 0 aliphatic rings. The van der Waals surface area contributed by atoms with E-state index in [4.69, 9.17) is 0 Å². The van der Waals surface area contributed by atoms with Gasteiger partial charge in [-0.15, -0.1) is 11.8 Å². The van der Waals surface area contributed by atoms with E-state index in [0.29, 0.717) is 0 Å². The Morgan fingerprint density at radius 1 is 1.47 bits per heavy atom. The van der Waals surface area contributed by atoms with Gasteiger partial charge in [0.15, 0.2) is 0 Å². The zero-order chi connectivity index (χ0) is 11.1. The molecule has 15 heavy (non-hydrogen) atoms. The number of thioether (sulfide) groups is 1. The highest BCUT2D eigenvalue weighted by Gasteiger charge is 2.08. The molecule has 1 heterocycles. The molecule has 0 spiro atoms. The van der Waals surface area contributed by atoms with Crippen molar-refractivity contribution < 1.29 is 5.11 Å². The zero-order valence-electron chi connectivity index (χ0n) is 9.44. The standard InChI is InChI=1S/C12H19NOS/c1-3-4-5-9-15-12-11(10(2)14)7-6-8-13-12/h6-8,10,14H,3-5,9H2,1-2H3/t10-/m0/s1. The Balaban J connectivity index is 2.52. The van der Waals surface area contributed by atoms with Crippen molar-refractivity contribution in [3.63, 3.8) is 0 Å². The van der Waals surface area contributed by atoms with Gasteiger partial charge in [0.25, 0.3) is 0 Å². The lowest BCUT2D eigenvalue weighted by Gasteiger charge is -2.09. The van der Waals surface area contributed by atoms with E-state index in [2.05, 4.69) is 11.9 Å². The third-order valence-electron chi connectivity index (χ3n) is 2.24. The van der Waals surface area contributed by atoms with Crippen LogP contribution in [0.1, 0.15) is 44.8 Å². The Morgan fingerprint density at radius 2 is 2.27 bits per heavy atom. The number of rotatable bonds is 6. The quantitative estimate of drug-likeness (QED) is 0.595. The van der Waals surface area contributed by atoms with Crippen LogP contribution in [-0.2, 0) is 0 Å².